The maximum Gasteiger partial charge on any atom is 0.226 e. The van der Waals surface area contributed by atoms with Gasteiger partial charge >= 0.3 is 0 Å². The first-order chi connectivity index (χ1) is 8.17. The highest BCUT2D eigenvalue weighted by Gasteiger charge is 2.22. The zero-order chi connectivity index (χ0) is 12.3. The van der Waals surface area contributed by atoms with Crippen LogP contribution in [0.15, 0.2) is 6.07 Å². The van der Waals surface area contributed by atoms with Gasteiger partial charge in [0.25, 0.3) is 0 Å². The second-order valence-electron chi connectivity index (χ2n) is 4.59. The molecule has 1 heterocycles. The predicted molar refractivity (Wildman–Crippen MR) is 65.2 cm³/mol. The zero-order valence-electron chi connectivity index (χ0n) is 10.3. The van der Waals surface area contributed by atoms with E-state index in [9.17, 15) is 5.11 Å². The number of hydrogen-bond acceptors (Lipinski definition) is 5. The minimum Gasteiger partial charge on any atom is -0.481 e. The van der Waals surface area contributed by atoms with E-state index < -0.39 is 0 Å². The molecular formula is C12H19N3O2. The van der Waals surface area contributed by atoms with Crippen LogP contribution >= 0.6 is 0 Å². The number of nitrogens with zero attached hydrogens (tertiary/aromatic N) is 2. The Morgan fingerprint density at radius 1 is 1.47 bits per heavy atom. The summed E-state index contributed by atoms with van der Waals surface area (Å²) in [6.07, 6.45) is 2.71. The van der Waals surface area contributed by atoms with Crippen LogP contribution in [0.3, 0.4) is 0 Å². The van der Waals surface area contributed by atoms with Crippen molar-refractivity contribution < 1.29 is 9.84 Å². The number of methoxy groups -OCH3 is 1. The molecule has 17 heavy (non-hydrogen) atoms. The molecule has 2 rings (SSSR count). The number of hydrogen-bond donors (Lipinski definition) is 2. The number of aromatic nitrogens is 2. The summed E-state index contributed by atoms with van der Waals surface area (Å²) < 4.78 is 5.09. The van der Waals surface area contributed by atoms with Crippen LogP contribution < -0.4 is 10.1 Å². The van der Waals surface area contributed by atoms with E-state index in [4.69, 9.17) is 4.74 Å². The number of nitrogens with one attached hydrogen (secondary N) is 1. The van der Waals surface area contributed by atoms with E-state index in [1.807, 2.05) is 6.92 Å². The van der Waals surface area contributed by atoms with Crippen LogP contribution in [0.4, 0.5) is 5.95 Å². The molecule has 2 atom stereocenters. The van der Waals surface area contributed by atoms with E-state index in [0.717, 1.165) is 31.5 Å². The van der Waals surface area contributed by atoms with Crippen LogP contribution in [0.5, 0.6) is 5.88 Å². The normalized spacial score (nSPS) is 23.7. The predicted octanol–water partition coefficient (Wildman–Crippen LogP) is 1.37. The standard InChI is InChI=1S/C12H19N3O2/c1-8-5-11(17-2)15-12(14-8)13-7-9-3-4-10(16)6-9/h5,9-10,16H,3-4,6-7H2,1-2H3,(H,13,14,15). The second-order valence-corrected chi connectivity index (χ2v) is 4.59. The minimum atomic E-state index is -0.130. The van der Waals surface area contributed by atoms with Crippen molar-refractivity contribution in [1.82, 2.24) is 9.97 Å². The summed E-state index contributed by atoms with van der Waals surface area (Å²) in [5.74, 6) is 1.69. The van der Waals surface area contributed by atoms with Gasteiger partial charge in [0.1, 0.15) is 0 Å². The molecule has 0 aromatic carbocycles. The molecule has 0 saturated heterocycles. The van der Waals surface area contributed by atoms with Crippen molar-refractivity contribution in [1.29, 1.82) is 0 Å². The first-order valence-electron chi connectivity index (χ1n) is 5.99. The average molecular weight is 237 g/mol. The lowest BCUT2D eigenvalue weighted by molar-refractivity contribution is 0.178. The van der Waals surface area contributed by atoms with Crippen LogP contribution in [0, 0.1) is 12.8 Å². The van der Waals surface area contributed by atoms with Gasteiger partial charge in [-0.1, -0.05) is 0 Å². The van der Waals surface area contributed by atoms with Crippen molar-refractivity contribution in [2.24, 2.45) is 5.92 Å². The Hall–Kier alpha value is -1.36. The summed E-state index contributed by atoms with van der Waals surface area (Å²) >= 11 is 0. The number of anilines is 1. The Kier molecular flexibility index (Phi) is 3.78. The Morgan fingerprint density at radius 3 is 2.94 bits per heavy atom. The lowest BCUT2D eigenvalue weighted by Crippen LogP contribution is -2.14. The molecule has 0 amide bonds. The van der Waals surface area contributed by atoms with Gasteiger partial charge in [0.05, 0.1) is 13.2 Å². The lowest BCUT2D eigenvalue weighted by atomic mass is 10.1. The molecule has 0 spiro atoms. The molecule has 2 N–H and O–H groups in total. The van der Waals surface area contributed by atoms with E-state index in [-0.39, 0.29) is 6.10 Å². The maximum atomic E-state index is 9.44. The van der Waals surface area contributed by atoms with Crippen LogP contribution in [-0.2, 0) is 0 Å². The Bertz CT molecular complexity index is 384. The van der Waals surface area contributed by atoms with E-state index in [1.54, 1.807) is 13.2 Å². The zero-order valence-corrected chi connectivity index (χ0v) is 10.3. The summed E-state index contributed by atoms with van der Waals surface area (Å²) in [6.45, 7) is 2.72. The summed E-state index contributed by atoms with van der Waals surface area (Å²) in [6, 6.07) is 1.80. The third kappa shape index (κ3) is 3.30. The van der Waals surface area contributed by atoms with Gasteiger partial charge in [-0.2, -0.15) is 4.98 Å². The molecule has 5 heteroatoms. The SMILES string of the molecule is COc1cc(C)nc(NCC2CCC(O)C2)n1. The van der Waals surface area contributed by atoms with Gasteiger partial charge in [-0.05, 0) is 32.1 Å². The molecule has 5 nitrogen and oxygen atoms in total. The molecular weight excluding hydrogens is 218 g/mol. The maximum absolute atomic E-state index is 9.44. The highest BCUT2D eigenvalue weighted by molar-refractivity contribution is 5.30. The summed E-state index contributed by atoms with van der Waals surface area (Å²) in [7, 11) is 1.60. The van der Waals surface area contributed by atoms with Crippen LogP contribution in [0.25, 0.3) is 0 Å². The fraction of sp³-hybridized carbons (Fsp3) is 0.667. The topological polar surface area (TPSA) is 67.3 Å². The van der Waals surface area contributed by atoms with Gasteiger partial charge in [0.2, 0.25) is 11.8 Å². The van der Waals surface area contributed by atoms with E-state index in [0.29, 0.717) is 17.7 Å². The second kappa shape index (κ2) is 5.31. The van der Waals surface area contributed by atoms with Gasteiger partial charge in [0.15, 0.2) is 0 Å². The first-order valence-corrected chi connectivity index (χ1v) is 5.99. The van der Waals surface area contributed by atoms with Crippen LogP contribution in [-0.4, -0.2) is 34.8 Å². The van der Waals surface area contributed by atoms with Gasteiger partial charge in [-0.25, -0.2) is 4.98 Å². The number of ether oxygens (including phenoxy) is 1. The highest BCUT2D eigenvalue weighted by Crippen LogP contribution is 2.25. The molecule has 0 bridgehead atoms. The monoisotopic (exact) mass is 237 g/mol. The van der Waals surface area contributed by atoms with Gasteiger partial charge in [-0.3, -0.25) is 0 Å². The van der Waals surface area contributed by atoms with Crippen molar-refractivity contribution in [3.63, 3.8) is 0 Å². The Balaban J connectivity index is 1.92. The van der Waals surface area contributed by atoms with E-state index in [2.05, 4.69) is 15.3 Å². The fourth-order valence-electron chi connectivity index (χ4n) is 2.19. The summed E-state index contributed by atoms with van der Waals surface area (Å²) in [4.78, 5) is 8.52. The summed E-state index contributed by atoms with van der Waals surface area (Å²) in [5, 5.41) is 12.7. The number of aryl methyl sites for hydroxylation is 1. The van der Waals surface area contributed by atoms with Gasteiger partial charge in [0, 0.05) is 18.3 Å². The van der Waals surface area contributed by atoms with Gasteiger partial charge < -0.3 is 15.2 Å². The quantitative estimate of drug-likeness (QED) is 0.827. The molecule has 2 unspecified atom stereocenters. The highest BCUT2D eigenvalue weighted by atomic mass is 16.5. The Morgan fingerprint density at radius 2 is 2.29 bits per heavy atom. The first kappa shape index (κ1) is 12.1. The third-order valence-electron chi connectivity index (χ3n) is 3.10. The van der Waals surface area contributed by atoms with E-state index in [1.165, 1.54) is 0 Å². The van der Waals surface area contributed by atoms with Crippen LogP contribution in [0.1, 0.15) is 25.0 Å². The molecule has 1 aromatic heterocycles. The number of rotatable bonds is 4. The number of aliphatic hydroxyl groups is 1. The average Bonchev–Trinajstić information content (AvgIpc) is 2.72. The molecule has 1 aliphatic rings. The minimum absolute atomic E-state index is 0.130. The molecule has 1 aliphatic carbocycles. The van der Waals surface area contributed by atoms with Crippen molar-refractivity contribution in [3.05, 3.63) is 11.8 Å². The molecule has 0 aliphatic heterocycles. The van der Waals surface area contributed by atoms with Crippen molar-refractivity contribution in [3.8, 4) is 5.88 Å². The molecule has 1 saturated carbocycles. The molecule has 0 radical (unpaired) electrons. The Labute approximate surface area is 101 Å². The van der Waals surface area contributed by atoms with Crippen molar-refractivity contribution in [2.75, 3.05) is 19.0 Å². The van der Waals surface area contributed by atoms with Gasteiger partial charge in [-0.15, -0.1) is 0 Å². The molecule has 94 valence electrons. The van der Waals surface area contributed by atoms with E-state index >= 15 is 0 Å². The van der Waals surface area contributed by atoms with Crippen LogP contribution in [0.2, 0.25) is 0 Å². The largest absolute Gasteiger partial charge is 0.481 e. The fourth-order valence-corrected chi connectivity index (χ4v) is 2.19. The third-order valence-corrected chi connectivity index (χ3v) is 3.10. The molecule has 1 fully saturated rings. The van der Waals surface area contributed by atoms with Crippen molar-refractivity contribution >= 4 is 5.95 Å². The smallest absolute Gasteiger partial charge is 0.226 e. The molecule has 1 aromatic rings. The lowest BCUT2D eigenvalue weighted by Gasteiger charge is -2.11. The summed E-state index contributed by atoms with van der Waals surface area (Å²) in [5.41, 5.74) is 0.880. The number of aliphatic hydroxyl groups excluding tert-OH is 1. The van der Waals surface area contributed by atoms with Crippen molar-refractivity contribution in [2.45, 2.75) is 32.3 Å².